The van der Waals surface area contributed by atoms with Crippen LogP contribution in [0.1, 0.15) is 18.1 Å². The van der Waals surface area contributed by atoms with E-state index in [9.17, 15) is 4.39 Å². The van der Waals surface area contributed by atoms with E-state index < -0.39 is 0 Å². The third-order valence-electron chi connectivity index (χ3n) is 2.84. The van der Waals surface area contributed by atoms with Gasteiger partial charge in [0.25, 0.3) is 0 Å². The summed E-state index contributed by atoms with van der Waals surface area (Å²) in [5.74, 6) is 0.212. The molecule has 4 heteroatoms. The van der Waals surface area contributed by atoms with E-state index in [0.29, 0.717) is 16.8 Å². The number of hydrogen-bond acceptors (Lipinski definition) is 2. The zero-order valence-electron chi connectivity index (χ0n) is 11.3. The van der Waals surface area contributed by atoms with Crippen LogP contribution >= 0.6 is 15.9 Å². The van der Waals surface area contributed by atoms with Crippen LogP contribution in [-0.4, -0.2) is 6.54 Å². The van der Waals surface area contributed by atoms with E-state index in [1.807, 2.05) is 12.1 Å². The number of nitrogens with one attached hydrogen (secondary N) is 1. The second-order valence-electron chi connectivity index (χ2n) is 4.49. The fourth-order valence-electron chi connectivity index (χ4n) is 1.80. The number of benzene rings is 2. The molecule has 2 rings (SSSR count). The smallest absolute Gasteiger partial charge is 0.128 e. The molecule has 0 aliphatic heterocycles. The molecule has 0 aliphatic carbocycles. The van der Waals surface area contributed by atoms with Gasteiger partial charge < -0.3 is 10.1 Å². The average Bonchev–Trinajstić information content (AvgIpc) is 2.43. The molecular formula is C16H17BrFNO. The highest BCUT2D eigenvalue weighted by Crippen LogP contribution is 2.21. The van der Waals surface area contributed by atoms with Gasteiger partial charge in [0.2, 0.25) is 0 Å². The van der Waals surface area contributed by atoms with E-state index in [1.165, 1.54) is 17.7 Å². The molecule has 0 saturated carbocycles. The number of hydrogen-bond donors (Lipinski definition) is 1. The molecular weight excluding hydrogens is 321 g/mol. The van der Waals surface area contributed by atoms with Gasteiger partial charge in [0, 0.05) is 17.1 Å². The first-order valence-electron chi connectivity index (χ1n) is 6.55. The van der Waals surface area contributed by atoms with Crippen molar-refractivity contribution in [3.63, 3.8) is 0 Å². The van der Waals surface area contributed by atoms with Crippen molar-refractivity contribution >= 4 is 15.9 Å². The zero-order valence-corrected chi connectivity index (χ0v) is 12.9. The molecule has 0 bridgehead atoms. The first-order chi connectivity index (χ1) is 9.67. The Hall–Kier alpha value is -1.39. The third-order valence-corrected chi connectivity index (χ3v) is 3.30. The second kappa shape index (κ2) is 7.41. The van der Waals surface area contributed by atoms with Crippen molar-refractivity contribution < 1.29 is 9.13 Å². The van der Waals surface area contributed by atoms with Crippen molar-refractivity contribution in [1.29, 1.82) is 0 Å². The Kier molecular flexibility index (Phi) is 5.56. The highest BCUT2D eigenvalue weighted by Gasteiger charge is 2.01. The fraction of sp³-hybridized carbons (Fsp3) is 0.250. The molecule has 0 saturated heterocycles. The molecule has 0 spiro atoms. The summed E-state index contributed by atoms with van der Waals surface area (Å²) in [5.41, 5.74) is 2.30. The summed E-state index contributed by atoms with van der Waals surface area (Å²) in [5, 5.41) is 3.28. The summed E-state index contributed by atoms with van der Waals surface area (Å²) < 4.78 is 19.5. The molecule has 0 heterocycles. The van der Waals surface area contributed by atoms with Crippen molar-refractivity contribution in [2.45, 2.75) is 20.1 Å². The lowest BCUT2D eigenvalue weighted by Gasteiger charge is -2.08. The molecule has 0 atom stereocenters. The predicted octanol–water partition coefficient (Wildman–Crippen LogP) is 4.28. The molecule has 0 aliphatic rings. The molecule has 1 N–H and O–H groups in total. The van der Waals surface area contributed by atoms with Gasteiger partial charge in [-0.05, 0) is 29.8 Å². The molecule has 106 valence electrons. The van der Waals surface area contributed by atoms with Crippen molar-refractivity contribution in [3.8, 4) is 5.75 Å². The van der Waals surface area contributed by atoms with Crippen LogP contribution < -0.4 is 10.1 Å². The van der Waals surface area contributed by atoms with Crippen molar-refractivity contribution in [3.05, 3.63) is 63.9 Å². The maximum Gasteiger partial charge on any atom is 0.128 e. The molecule has 2 aromatic carbocycles. The molecule has 0 aromatic heterocycles. The van der Waals surface area contributed by atoms with Crippen LogP contribution in [0.3, 0.4) is 0 Å². The van der Waals surface area contributed by atoms with Crippen LogP contribution in [0, 0.1) is 5.82 Å². The Labute approximate surface area is 127 Å². The van der Waals surface area contributed by atoms with Gasteiger partial charge in [-0.2, -0.15) is 0 Å². The van der Waals surface area contributed by atoms with E-state index in [0.717, 1.165) is 18.7 Å². The van der Waals surface area contributed by atoms with Crippen molar-refractivity contribution in [2.75, 3.05) is 6.54 Å². The van der Waals surface area contributed by atoms with E-state index in [-0.39, 0.29) is 5.82 Å². The van der Waals surface area contributed by atoms with E-state index in [2.05, 4.69) is 40.3 Å². The molecule has 0 unspecified atom stereocenters. The van der Waals surface area contributed by atoms with Gasteiger partial charge in [0.15, 0.2) is 0 Å². The molecule has 0 radical (unpaired) electrons. The van der Waals surface area contributed by atoms with Gasteiger partial charge in [-0.3, -0.25) is 0 Å². The van der Waals surface area contributed by atoms with Crippen LogP contribution in [0.4, 0.5) is 4.39 Å². The number of rotatable bonds is 6. The molecule has 0 amide bonds. The van der Waals surface area contributed by atoms with E-state index >= 15 is 0 Å². The molecule has 0 fully saturated rings. The average molecular weight is 338 g/mol. The third kappa shape index (κ3) is 4.62. The minimum atomic E-state index is -0.310. The summed E-state index contributed by atoms with van der Waals surface area (Å²) in [6, 6.07) is 12.7. The van der Waals surface area contributed by atoms with Gasteiger partial charge in [-0.15, -0.1) is 0 Å². The van der Waals surface area contributed by atoms with E-state index in [1.54, 1.807) is 6.07 Å². The predicted molar refractivity (Wildman–Crippen MR) is 82.3 cm³/mol. The standard InChI is InChI=1S/C16H17BrFNO/c1-2-19-10-12-3-5-13(6-4-12)11-20-16-8-14(17)7-15(18)9-16/h3-9,19H,2,10-11H2,1H3. The largest absolute Gasteiger partial charge is 0.489 e. The van der Waals surface area contributed by atoms with Crippen LogP contribution in [-0.2, 0) is 13.2 Å². The Morgan fingerprint density at radius 1 is 1.10 bits per heavy atom. The van der Waals surface area contributed by atoms with Crippen molar-refractivity contribution in [2.24, 2.45) is 0 Å². The number of halogens is 2. The van der Waals surface area contributed by atoms with Gasteiger partial charge in [-0.1, -0.05) is 47.1 Å². The Morgan fingerprint density at radius 2 is 1.80 bits per heavy atom. The summed E-state index contributed by atoms with van der Waals surface area (Å²) in [4.78, 5) is 0. The van der Waals surface area contributed by atoms with Crippen LogP contribution in [0.15, 0.2) is 46.9 Å². The van der Waals surface area contributed by atoms with Crippen LogP contribution in [0.5, 0.6) is 5.75 Å². The maximum absolute atomic E-state index is 13.2. The summed E-state index contributed by atoms with van der Waals surface area (Å²) in [7, 11) is 0. The molecule has 20 heavy (non-hydrogen) atoms. The highest BCUT2D eigenvalue weighted by atomic mass is 79.9. The van der Waals surface area contributed by atoms with Gasteiger partial charge >= 0.3 is 0 Å². The summed E-state index contributed by atoms with van der Waals surface area (Å²) in [6.07, 6.45) is 0. The lowest BCUT2D eigenvalue weighted by atomic mass is 10.1. The minimum absolute atomic E-state index is 0.310. The van der Waals surface area contributed by atoms with Gasteiger partial charge in [0.1, 0.15) is 18.2 Å². The Morgan fingerprint density at radius 3 is 2.45 bits per heavy atom. The molecule has 2 nitrogen and oxygen atoms in total. The SMILES string of the molecule is CCNCc1ccc(COc2cc(F)cc(Br)c2)cc1. The highest BCUT2D eigenvalue weighted by molar-refractivity contribution is 9.10. The van der Waals surface area contributed by atoms with Crippen LogP contribution in [0.2, 0.25) is 0 Å². The first kappa shape index (κ1) is 15.0. The number of ether oxygens (including phenoxy) is 1. The first-order valence-corrected chi connectivity index (χ1v) is 7.34. The minimum Gasteiger partial charge on any atom is -0.489 e. The zero-order chi connectivity index (χ0) is 14.4. The lowest BCUT2D eigenvalue weighted by molar-refractivity contribution is 0.304. The topological polar surface area (TPSA) is 21.3 Å². The van der Waals surface area contributed by atoms with Gasteiger partial charge in [0.05, 0.1) is 0 Å². The van der Waals surface area contributed by atoms with E-state index in [4.69, 9.17) is 4.74 Å². The fourth-order valence-corrected chi connectivity index (χ4v) is 2.25. The summed E-state index contributed by atoms with van der Waals surface area (Å²) >= 11 is 3.25. The van der Waals surface area contributed by atoms with Crippen LogP contribution in [0.25, 0.3) is 0 Å². The monoisotopic (exact) mass is 337 g/mol. The second-order valence-corrected chi connectivity index (χ2v) is 5.41. The summed E-state index contributed by atoms with van der Waals surface area (Å²) in [6.45, 7) is 4.34. The van der Waals surface area contributed by atoms with Gasteiger partial charge in [-0.25, -0.2) is 4.39 Å². The van der Waals surface area contributed by atoms with Crippen molar-refractivity contribution in [1.82, 2.24) is 5.32 Å². The maximum atomic E-state index is 13.2. The Bertz CT molecular complexity index is 537. The quantitative estimate of drug-likeness (QED) is 0.849. The lowest BCUT2D eigenvalue weighted by Crippen LogP contribution is -2.11. The normalized spacial score (nSPS) is 10.6. The Balaban J connectivity index is 1.93. The molecule has 2 aromatic rings.